The Balaban J connectivity index is 1.37. The minimum Gasteiger partial charge on any atom is -0.484 e. The second-order valence-electron chi connectivity index (χ2n) is 5.95. The zero-order chi connectivity index (χ0) is 18.6. The molecule has 0 radical (unpaired) electrons. The summed E-state index contributed by atoms with van der Waals surface area (Å²) in [5.41, 5.74) is 0. The van der Waals surface area contributed by atoms with Gasteiger partial charge < -0.3 is 10.1 Å². The van der Waals surface area contributed by atoms with Gasteiger partial charge in [0.1, 0.15) is 11.6 Å². The largest absolute Gasteiger partial charge is 0.484 e. The van der Waals surface area contributed by atoms with E-state index in [1.54, 1.807) is 28.3 Å². The van der Waals surface area contributed by atoms with Gasteiger partial charge in [0.2, 0.25) is 0 Å². The maximum Gasteiger partial charge on any atom is 0.263 e. The molecule has 2 aromatic carbocycles. The summed E-state index contributed by atoms with van der Waals surface area (Å²) in [4.78, 5) is 13.4. The molecule has 0 bridgehead atoms. The summed E-state index contributed by atoms with van der Waals surface area (Å²) in [5.74, 6) is 1.09. The Hall–Kier alpha value is -2.64. The van der Waals surface area contributed by atoms with Gasteiger partial charge in [0.25, 0.3) is 5.91 Å². The van der Waals surface area contributed by atoms with Crippen LogP contribution in [0.1, 0.15) is 4.88 Å². The van der Waals surface area contributed by atoms with E-state index in [-0.39, 0.29) is 12.5 Å². The van der Waals surface area contributed by atoms with Gasteiger partial charge in [-0.2, -0.15) is 5.10 Å². The number of carbonyl (C=O) groups is 1. The highest BCUT2D eigenvalue weighted by Gasteiger charge is 2.10. The molecule has 0 aliphatic carbocycles. The molecule has 0 aliphatic heterocycles. The first kappa shape index (κ1) is 17.8. The first-order valence-electron chi connectivity index (χ1n) is 8.33. The molecule has 2 heterocycles. The van der Waals surface area contributed by atoms with Crippen LogP contribution in [0.4, 0.5) is 5.82 Å². The van der Waals surface area contributed by atoms with Crippen LogP contribution in [0.25, 0.3) is 10.8 Å². The number of anilines is 1. The predicted molar refractivity (Wildman–Crippen MR) is 111 cm³/mol. The van der Waals surface area contributed by atoms with E-state index in [1.165, 1.54) is 0 Å². The van der Waals surface area contributed by atoms with Crippen molar-refractivity contribution in [2.75, 3.05) is 11.9 Å². The Morgan fingerprint density at radius 3 is 2.81 bits per heavy atom. The number of carbonyl (C=O) groups excluding carboxylic acids is 1. The van der Waals surface area contributed by atoms with Crippen molar-refractivity contribution in [1.82, 2.24) is 9.78 Å². The van der Waals surface area contributed by atoms with E-state index in [9.17, 15) is 4.79 Å². The van der Waals surface area contributed by atoms with Crippen molar-refractivity contribution in [2.24, 2.45) is 0 Å². The highest BCUT2D eigenvalue weighted by molar-refractivity contribution is 9.10. The molecule has 4 aromatic rings. The number of hydrogen-bond acceptors (Lipinski definition) is 4. The summed E-state index contributed by atoms with van der Waals surface area (Å²) in [6.07, 6.45) is 1.67. The summed E-state index contributed by atoms with van der Waals surface area (Å²) in [7, 11) is 0. The van der Waals surface area contributed by atoms with Crippen LogP contribution in [0.15, 0.2) is 70.6 Å². The third-order valence-electron chi connectivity index (χ3n) is 4.00. The van der Waals surface area contributed by atoms with Crippen LogP contribution in [0, 0.1) is 0 Å². The van der Waals surface area contributed by atoms with Gasteiger partial charge >= 0.3 is 0 Å². The lowest BCUT2D eigenvalue weighted by Crippen LogP contribution is -2.22. The third kappa shape index (κ3) is 4.37. The number of fused-ring (bicyclic) bond motifs is 1. The molecule has 136 valence electrons. The van der Waals surface area contributed by atoms with Crippen LogP contribution in [-0.2, 0) is 11.3 Å². The molecule has 0 saturated carbocycles. The second-order valence-corrected chi connectivity index (χ2v) is 7.86. The van der Waals surface area contributed by atoms with Crippen LogP contribution < -0.4 is 10.1 Å². The lowest BCUT2D eigenvalue weighted by molar-refractivity contribution is -0.118. The maximum absolute atomic E-state index is 12.3. The van der Waals surface area contributed by atoms with Gasteiger partial charge in [0.15, 0.2) is 6.61 Å². The fourth-order valence-corrected chi connectivity index (χ4v) is 4.17. The van der Waals surface area contributed by atoms with Crippen molar-refractivity contribution in [2.45, 2.75) is 6.54 Å². The van der Waals surface area contributed by atoms with Crippen molar-refractivity contribution >= 4 is 49.8 Å². The average molecular weight is 442 g/mol. The van der Waals surface area contributed by atoms with E-state index in [2.05, 4.69) is 26.3 Å². The molecule has 0 fully saturated rings. The molecular formula is C20H16BrN3O2S. The quantitative estimate of drug-likeness (QED) is 0.461. The number of rotatable bonds is 6. The number of benzene rings is 2. The number of nitrogens with one attached hydrogen (secondary N) is 1. The Morgan fingerprint density at radius 1 is 1.15 bits per heavy atom. The van der Waals surface area contributed by atoms with Gasteiger partial charge in [0.05, 0.1) is 12.7 Å². The van der Waals surface area contributed by atoms with Crippen LogP contribution >= 0.6 is 27.3 Å². The Bertz CT molecular complexity index is 1090. The highest BCUT2D eigenvalue weighted by atomic mass is 79.9. The minimum absolute atomic E-state index is 0.0614. The van der Waals surface area contributed by atoms with E-state index in [0.717, 1.165) is 20.1 Å². The first-order valence-corrected chi connectivity index (χ1v) is 10.0. The van der Waals surface area contributed by atoms with E-state index in [4.69, 9.17) is 4.74 Å². The molecule has 1 N–H and O–H groups in total. The monoisotopic (exact) mass is 441 g/mol. The van der Waals surface area contributed by atoms with Crippen LogP contribution in [0.5, 0.6) is 5.75 Å². The Kier molecular flexibility index (Phi) is 5.22. The number of aromatic nitrogens is 2. The smallest absolute Gasteiger partial charge is 0.263 e. The molecule has 2 aromatic heterocycles. The number of ether oxygens (including phenoxy) is 1. The molecule has 4 rings (SSSR count). The van der Waals surface area contributed by atoms with Gasteiger partial charge in [-0.1, -0.05) is 30.3 Å². The van der Waals surface area contributed by atoms with Gasteiger partial charge in [-0.05, 0) is 44.9 Å². The van der Waals surface area contributed by atoms with Crippen LogP contribution in [0.2, 0.25) is 0 Å². The number of hydrogen-bond donors (Lipinski definition) is 1. The van der Waals surface area contributed by atoms with Crippen molar-refractivity contribution < 1.29 is 9.53 Å². The average Bonchev–Trinajstić information content (AvgIpc) is 3.29. The summed E-state index contributed by atoms with van der Waals surface area (Å²) in [6.45, 7) is 0.540. The molecule has 0 aliphatic rings. The molecule has 0 spiro atoms. The van der Waals surface area contributed by atoms with Gasteiger partial charge in [-0.3, -0.25) is 4.79 Å². The molecule has 0 saturated heterocycles. The zero-order valence-electron chi connectivity index (χ0n) is 14.3. The summed E-state index contributed by atoms with van der Waals surface area (Å²) in [6, 6.07) is 17.6. The molecule has 1 amide bonds. The van der Waals surface area contributed by atoms with Crippen LogP contribution in [0.3, 0.4) is 0 Å². The fourth-order valence-electron chi connectivity index (χ4n) is 2.73. The summed E-state index contributed by atoms with van der Waals surface area (Å²) in [5, 5.41) is 11.4. The van der Waals surface area contributed by atoms with E-state index >= 15 is 0 Å². The van der Waals surface area contributed by atoms with Crippen LogP contribution in [-0.4, -0.2) is 22.3 Å². The molecule has 5 nitrogen and oxygen atoms in total. The standard InChI is InChI=1S/C20H16BrN3O2S/c21-16-10-18(27-13-16)11-24-19(7-8-22-24)23-20(25)12-26-17-6-5-14-3-1-2-4-15(14)9-17/h1-10,13H,11-12H2,(H,23,25). The van der Waals surface area contributed by atoms with E-state index in [0.29, 0.717) is 18.1 Å². The van der Waals surface area contributed by atoms with Gasteiger partial charge in [-0.25, -0.2) is 4.68 Å². The number of nitrogens with zero attached hydrogens (tertiary/aromatic N) is 2. The Morgan fingerprint density at radius 2 is 2.00 bits per heavy atom. The lowest BCUT2D eigenvalue weighted by Gasteiger charge is -2.10. The molecule has 0 atom stereocenters. The fraction of sp³-hybridized carbons (Fsp3) is 0.100. The van der Waals surface area contributed by atoms with Crippen molar-refractivity contribution in [3.8, 4) is 5.75 Å². The Labute approximate surface area is 168 Å². The SMILES string of the molecule is O=C(COc1ccc2ccccc2c1)Nc1ccnn1Cc1cc(Br)cs1. The van der Waals surface area contributed by atoms with Crippen molar-refractivity contribution in [1.29, 1.82) is 0 Å². The third-order valence-corrected chi connectivity index (χ3v) is 5.68. The molecule has 7 heteroatoms. The van der Waals surface area contributed by atoms with Gasteiger partial charge in [0, 0.05) is 20.8 Å². The van der Waals surface area contributed by atoms with Crippen molar-refractivity contribution in [3.05, 3.63) is 75.5 Å². The summed E-state index contributed by atoms with van der Waals surface area (Å²) < 4.78 is 8.44. The van der Waals surface area contributed by atoms with Gasteiger partial charge in [-0.15, -0.1) is 11.3 Å². The lowest BCUT2D eigenvalue weighted by atomic mass is 10.1. The highest BCUT2D eigenvalue weighted by Crippen LogP contribution is 2.22. The second kappa shape index (κ2) is 7.94. The first-order chi connectivity index (χ1) is 13.2. The molecule has 27 heavy (non-hydrogen) atoms. The normalized spacial score (nSPS) is 10.9. The number of amides is 1. The minimum atomic E-state index is -0.225. The topological polar surface area (TPSA) is 56.1 Å². The molecule has 0 unspecified atom stereocenters. The molecular weight excluding hydrogens is 426 g/mol. The van der Waals surface area contributed by atoms with E-state index < -0.39 is 0 Å². The van der Waals surface area contributed by atoms with E-state index in [1.807, 2.05) is 53.9 Å². The predicted octanol–water partition coefficient (Wildman–Crippen LogP) is 4.93. The number of thiophene rings is 1. The summed E-state index contributed by atoms with van der Waals surface area (Å²) >= 11 is 5.09. The zero-order valence-corrected chi connectivity index (χ0v) is 16.7. The maximum atomic E-state index is 12.3. The van der Waals surface area contributed by atoms with Crippen molar-refractivity contribution in [3.63, 3.8) is 0 Å². The number of halogens is 1.